The molecule has 0 aromatic heterocycles. The molecular weight excluding hydrogens is 320 g/mol. The molecule has 0 aliphatic heterocycles. The zero-order valence-corrected chi connectivity index (χ0v) is 15.5. The molecule has 0 atom stereocenters. The van der Waals surface area contributed by atoms with Crippen LogP contribution in [0, 0.1) is 0 Å². The first-order valence-corrected chi connectivity index (χ1v) is 8.76. The Bertz CT molecular complexity index is 590. The van der Waals surface area contributed by atoms with Crippen molar-refractivity contribution in [2.45, 2.75) is 53.1 Å². The second kappa shape index (κ2) is 11.3. The van der Waals surface area contributed by atoms with Crippen LogP contribution in [0.2, 0.25) is 0 Å². The molecular formula is C20H28O5. The van der Waals surface area contributed by atoms with E-state index in [-0.39, 0.29) is 18.1 Å². The number of benzene rings is 1. The van der Waals surface area contributed by atoms with Crippen LogP contribution < -0.4 is 4.74 Å². The van der Waals surface area contributed by atoms with E-state index in [4.69, 9.17) is 14.2 Å². The standard InChI is InChI=1S/C20H28O5/c1-5-10-23-19(21)14-17(20(22)24-11-6-2)12-16-8-7-9-18(13-16)25-15(3)4/h7-9,12-13,15H,5-6,10-11,14H2,1-4H3. The normalized spacial score (nSPS) is 11.3. The molecule has 0 N–H and O–H groups in total. The van der Waals surface area contributed by atoms with Gasteiger partial charge in [-0.05, 0) is 50.5 Å². The van der Waals surface area contributed by atoms with Crippen molar-refractivity contribution < 1.29 is 23.8 Å². The first-order chi connectivity index (χ1) is 12.0. The van der Waals surface area contributed by atoms with Gasteiger partial charge in [-0.15, -0.1) is 0 Å². The molecule has 0 unspecified atom stereocenters. The maximum absolute atomic E-state index is 12.2. The van der Waals surface area contributed by atoms with Crippen molar-refractivity contribution in [1.29, 1.82) is 0 Å². The van der Waals surface area contributed by atoms with E-state index in [1.807, 2.05) is 52.0 Å². The quantitative estimate of drug-likeness (QED) is 0.469. The van der Waals surface area contributed by atoms with Crippen LogP contribution in [0.1, 0.15) is 52.5 Å². The van der Waals surface area contributed by atoms with Crippen LogP contribution in [0.5, 0.6) is 5.75 Å². The third kappa shape index (κ3) is 8.38. The molecule has 25 heavy (non-hydrogen) atoms. The summed E-state index contributed by atoms with van der Waals surface area (Å²) >= 11 is 0. The van der Waals surface area contributed by atoms with Crippen LogP contribution in [-0.2, 0) is 19.1 Å². The van der Waals surface area contributed by atoms with E-state index in [9.17, 15) is 9.59 Å². The van der Waals surface area contributed by atoms with Crippen molar-refractivity contribution >= 4 is 18.0 Å². The zero-order valence-electron chi connectivity index (χ0n) is 15.5. The number of rotatable bonds is 10. The van der Waals surface area contributed by atoms with Gasteiger partial charge in [-0.3, -0.25) is 4.79 Å². The van der Waals surface area contributed by atoms with Crippen LogP contribution in [0.3, 0.4) is 0 Å². The van der Waals surface area contributed by atoms with E-state index in [2.05, 4.69) is 0 Å². The molecule has 0 saturated heterocycles. The van der Waals surface area contributed by atoms with Crippen molar-refractivity contribution in [1.82, 2.24) is 0 Å². The summed E-state index contributed by atoms with van der Waals surface area (Å²) in [5.74, 6) is -0.222. The van der Waals surface area contributed by atoms with E-state index in [0.29, 0.717) is 19.0 Å². The molecule has 1 aromatic rings. The second-order valence-corrected chi connectivity index (χ2v) is 5.94. The Hall–Kier alpha value is -2.30. The highest BCUT2D eigenvalue weighted by molar-refractivity contribution is 5.98. The first-order valence-electron chi connectivity index (χ1n) is 8.76. The molecule has 0 aliphatic rings. The highest BCUT2D eigenvalue weighted by Crippen LogP contribution is 2.19. The molecule has 0 saturated carbocycles. The van der Waals surface area contributed by atoms with Crippen molar-refractivity contribution in [2.75, 3.05) is 13.2 Å². The summed E-state index contributed by atoms with van der Waals surface area (Å²) in [5.41, 5.74) is 1.04. The average molecular weight is 348 g/mol. The summed E-state index contributed by atoms with van der Waals surface area (Å²) in [6.07, 6.45) is 3.05. The third-order valence-electron chi connectivity index (χ3n) is 3.07. The van der Waals surface area contributed by atoms with Crippen molar-refractivity contribution in [2.24, 2.45) is 0 Å². The van der Waals surface area contributed by atoms with Gasteiger partial charge < -0.3 is 14.2 Å². The molecule has 138 valence electrons. The number of carbonyl (C=O) groups excluding carboxylic acids is 2. The average Bonchev–Trinajstić information content (AvgIpc) is 2.57. The van der Waals surface area contributed by atoms with Gasteiger partial charge >= 0.3 is 11.9 Å². The highest BCUT2D eigenvalue weighted by atomic mass is 16.5. The number of carbonyl (C=O) groups is 2. The maximum Gasteiger partial charge on any atom is 0.334 e. The van der Waals surface area contributed by atoms with Gasteiger partial charge in [0, 0.05) is 5.57 Å². The topological polar surface area (TPSA) is 61.8 Å². The van der Waals surface area contributed by atoms with Gasteiger partial charge in [0.05, 0.1) is 25.7 Å². The number of ether oxygens (including phenoxy) is 3. The Morgan fingerprint density at radius 1 is 1.08 bits per heavy atom. The largest absolute Gasteiger partial charge is 0.491 e. The molecule has 5 heteroatoms. The van der Waals surface area contributed by atoms with Gasteiger partial charge in [0.25, 0.3) is 0 Å². The van der Waals surface area contributed by atoms with E-state index in [0.717, 1.165) is 18.4 Å². The molecule has 0 aliphatic carbocycles. The fourth-order valence-electron chi connectivity index (χ4n) is 2.04. The van der Waals surface area contributed by atoms with Crippen molar-refractivity contribution in [3.8, 4) is 5.75 Å². The maximum atomic E-state index is 12.2. The minimum absolute atomic E-state index is 0.0530. The predicted octanol–water partition coefficient (Wildman–Crippen LogP) is 4.15. The second-order valence-electron chi connectivity index (χ2n) is 5.94. The van der Waals surface area contributed by atoms with Crippen LogP contribution >= 0.6 is 0 Å². The van der Waals surface area contributed by atoms with Gasteiger partial charge in [-0.1, -0.05) is 26.0 Å². The van der Waals surface area contributed by atoms with E-state index in [1.54, 1.807) is 6.08 Å². The summed E-state index contributed by atoms with van der Waals surface area (Å²) < 4.78 is 15.9. The first kappa shape index (κ1) is 20.7. The summed E-state index contributed by atoms with van der Waals surface area (Å²) in [5, 5.41) is 0. The minimum Gasteiger partial charge on any atom is -0.491 e. The fraction of sp³-hybridized carbons (Fsp3) is 0.500. The molecule has 0 fully saturated rings. The van der Waals surface area contributed by atoms with Gasteiger partial charge in [0.2, 0.25) is 0 Å². The summed E-state index contributed by atoms with van der Waals surface area (Å²) in [6, 6.07) is 7.36. The lowest BCUT2D eigenvalue weighted by Crippen LogP contribution is -2.14. The molecule has 0 bridgehead atoms. The Labute approximate surface area is 150 Å². The lowest BCUT2D eigenvalue weighted by molar-refractivity contribution is -0.146. The molecule has 0 radical (unpaired) electrons. The lowest BCUT2D eigenvalue weighted by Gasteiger charge is -2.11. The molecule has 5 nitrogen and oxygen atoms in total. The van der Waals surface area contributed by atoms with Crippen molar-refractivity contribution in [3.63, 3.8) is 0 Å². The summed E-state index contributed by atoms with van der Waals surface area (Å²) in [6.45, 7) is 8.38. The van der Waals surface area contributed by atoms with Gasteiger partial charge in [0.15, 0.2) is 0 Å². The Morgan fingerprint density at radius 3 is 2.40 bits per heavy atom. The SMILES string of the molecule is CCCOC(=O)CC(=Cc1cccc(OC(C)C)c1)C(=O)OCCC. The van der Waals surface area contributed by atoms with Crippen molar-refractivity contribution in [3.05, 3.63) is 35.4 Å². The van der Waals surface area contributed by atoms with Crippen LogP contribution in [0.15, 0.2) is 29.8 Å². The Morgan fingerprint density at radius 2 is 1.76 bits per heavy atom. The molecule has 0 amide bonds. The van der Waals surface area contributed by atoms with E-state index in [1.165, 1.54) is 0 Å². The Kier molecular flexibility index (Phi) is 9.37. The molecule has 1 rings (SSSR count). The molecule has 0 spiro atoms. The predicted molar refractivity (Wildman–Crippen MR) is 97.3 cm³/mol. The monoisotopic (exact) mass is 348 g/mol. The van der Waals surface area contributed by atoms with Crippen LogP contribution in [0.4, 0.5) is 0 Å². The smallest absolute Gasteiger partial charge is 0.334 e. The molecule has 1 aromatic carbocycles. The summed E-state index contributed by atoms with van der Waals surface area (Å²) in [7, 11) is 0. The number of esters is 2. The Balaban J connectivity index is 2.98. The molecule has 0 heterocycles. The van der Waals surface area contributed by atoms with E-state index >= 15 is 0 Å². The van der Waals surface area contributed by atoms with E-state index < -0.39 is 11.9 Å². The van der Waals surface area contributed by atoms with Gasteiger partial charge in [-0.25, -0.2) is 4.79 Å². The fourth-order valence-corrected chi connectivity index (χ4v) is 2.04. The third-order valence-corrected chi connectivity index (χ3v) is 3.07. The van der Waals surface area contributed by atoms with Gasteiger partial charge in [0.1, 0.15) is 5.75 Å². The zero-order chi connectivity index (χ0) is 18.7. The van der Waals surface area contributed by atoms with Crippen LogP contribution in [-0.4, -0.2) is 31.3 Å². The number of hydrogen-bond acceptors (Lipinski definition) is 5. The minimum atomic E-state index is -0.495. The summed E-state index contributed by atoms with van der Waals surface area (Å²) in [4.78, 5) is 24.1. The van der Waals surface area contributed by atoms with Crippen LogP contribution in [0.25, 0.3) is 6.08 Å². The highest BCUT2D eigenvalue weighted by Gasteiger charge is 2.16. The number of hydrogen-bond donors (Lipinski definition) is 0. The van der Waals surface area contributed by atoms with Gasteiger partial charge in [-0.2, -0.15) is 0 Å². The lowest BCUT2D eigenvalue weighted by atomic mass is 10.1.